The number of hydrogen-bond acceptors (Lipinski definition) is 3. The van der Waals surface area contributed by atoms with Gasteiger partial charge >= 0.3 is 0 Å². The first-order valence-corrected chi connectivity index (χ1v) is 8.61. The van der Waals surface area contributed by atoms with Gasteiger partial charge in [-0.2, -0.15) is 0 Å². The second kappa shape index (κ2) is 13.3. The summed E-state index contributed by atoms with van der Waals surface area (Å²) in [5.41, 5.74) is 2.18. The quantitative estimate of drug-likeness (QED) is 0.247. The zero-order valence-corrected chi connectivity index (χ0v) is 18.0. The summed E-state index contributed by atoms with van der Waals surface area (Å²) in [5, 5.41) is 6.53. The van der Waals surface area contributed by atoms with Gasteiger partial charge in [0, 0.05) is 27.2 Å². The van der Waals surface area contributed by atoms with Crippen LogP contribution in [0.5, 0.6) is 5.75 Å². The van der Waals surface area contributed by atoms with Gasteiger partial charge in [0.25, 0.3) is 0 Å². The molecule has 0 spiro atoms. The minimum absolute atomic E-state index is 0. The van der Waals surface area contributed by atoms with Gasteiger partial charge in [0.1, 0.15) is 18.2 Å². The molecule has 0 aliphatic rings. The highest BCUT2D eigenvalue weighted by molar-refractivity contribution is 14.0. The molecule has 0 saturated heterocycles. The zero-order valence-electron chi connectivity index (χ0n) is 15.7. The van der Waals surface area contributed by atoms with Crippen molar-refractivity contribution >= 4 is 29.9 Å². The Hall–Kier alpha value is -1.87. The topological polar surface area (TPSA) is 54.9 Å². The lowest BCUT2D eigenvalue weighted by atomic mass is 10.1. The summed E-state index contributed by atoms with van der Waals surface area (Å²) in [6.07, 6.45) is 0.795. The fraction of sp³-hybridized carbons (Fsp3) is 0.350. The maximum Gasteiger partial charge on any atom is 0.191 e. The van der Waals surface area contributed by atoms with E-state index in [2.05, 4.69) is 15.6 Å². The van der Waals surface area contributed by atoms with Gasteiger partial charge in [-0.05, 0) is 41.8 Å². The first kappa shape index (κ1) is 23.2. The third-order valence-corrected chi connectivity index (χ3v) is 3.76. The van der Waals surface area contributed by atoms with Gasteiger partial charge in [-0.1, -0.05) is 24.3 Å². The van der Waals surface area contributed by atoms with Crippen LogP contribution in [0.15, 0.2) is 53.5 Å². The van der Waals surface area contributed by atoms with Crippen LogP contribution < -0.4 is 15.4 Å². The molecule has 2 aromatic carbocycles. The summed E-state index contributed by atoms with van der Waals surface area (Å²) in [6.45, 7) is 2.44. The fourth-order valence-electron chi connectivity index (χ4n) is 2.37. The number of benzene rings is 2. The maximum absolute atomic E-state index is 12.9. The zero-order chi connectivity index (χ0) is 18.6. The van der Waals surface area contributed by atoms with Crippen LogP contribution in [0.4, 0.5) is 4.39 Å². The van der Waals surface area contributed by atoms with E-state index in [0.717, 1.165) is 29.3 Å². The van der Waals surface area contributed by atoms with Crippen LogP contribution in [0.1, 0.15) is 11.1 Å². The second-order valence-electron chi connectivity index (χ2n) is 5.72. The van der Waals surface area contributed by atoms with Crippen molar-refractivity contribution in [3.63, 3.8) is 0 Å². The number of halogens is 2. The molecule has 0 heterocycles. The Balaban J connectivity index is 0.00000364. The van der Waals surface area contributed by atoms with Crippen LogP contribution in [0.25, 0.3) is 0 Å². The summed E-state index contributed by atoms with van der Waals surface area (Å²) >= 11 is 0. The van der Waals surface area contributed by atoms with Gasteiger partial charge in [0.15, 0.2) is 5.96 Å². The van der Waals surface area contributed by atoms with Crippen molar-refractivity contribution < 1.29 is 13.9 Å². The average molecular weight is 487 g/mol. The molecule has 27 heavy (non-hydrogen) atoms. The lowest BCUT2D eigenvalue weighted by Crippen LogP contribution is -2.37. The highest BCUT2D eigenvalue weighted by Crippen LogP contribution is 2.13. The standard InChI is InChI=1S/C20H26FN3O2.HI/c1-22-20(23-11-10-16-6-8-18(21)9-7-16)24-15-17-4-3-5-19(14-17)26-13-12-25-2;/h3-9,14H,10-13,15H2,1-2H3,(H2,22,23,24);1H. The number of ether oxygens (including phenoxy) is 2. The minimum atomic E-state index is -0.215. The van der Waals surface area contributed by atoms with Crippen molar-refractivity contribution in [1.29, 1.82) is 0 Å². The van der Waals surface area contributed by atoms with E-state index in [9.17, 15) is 4.39 Å². The largest absolute Gasteiger partial charge is 0.491 e. The molecule has 0 atom stereocenters. The van der Waals surface area contributed by atoms with Gasteiger partial charge in [0.05, 0.1) is 6.61 Å². The molecule has 0 fully saturated rings. The van der Waals surface area contributed by atoms with Crippen molar-refractivity contribution in [1.82, 2.24) is 10.6 Å². The van der Waals surface area contributed by atoms with Crippen molar-refractivity contribution in [2.24, 2.45) is 4.99 Å². The molecule has 2 aromatic rings. The summed E-state index contributed by atoms with van der Waals surface area (Å²) in [4.78, 5) is 4.22. The molecular weight excluding hydrogens is 460 g/mol. The highest BCUT2D eigenvalue weighted by Gasteiger charge is 2.01. The Labute approximate surface area is 177 Å². The summed E-state index contributed by atoms with van der Waals surface area (Å²) in [7, 11) is 3.38. The van der Waals surface area contributed by atoms with Crippen molar-refractivity contribution in [2.45, 2.75) is 13.0 Å². The normalized spacial score (nSPS) is 10.9. The van der Waals surface area contributed by atoms with Crippen molar-refractivity contribution in [3.8, 4) is 5.75 Å². The fourth-order valence-corrected chi connectivity index (χ4v) is 2.37. The van der Waals surface area contributed by atoms with E-state index in [1.54, 1.807) is 26.3 Å². The average Bonchev–Trinajstić information content (AvgIpc) is 2.66. The van der Waals surface area contributed by atoms with Crippen molar-refractivity contribution in [3.05, 3.63) is 65.5 Å². The van der Waals surface area contributed by atoms with Gasteiger partial charge in [0.2, 0.25) is 0 Å². The lowest BCUT2D eigenvalue weighted by Gasteiger charge is -2.13. The van der Waals surface area contributed by atoms with E-state index in [1.807, 2.05) is 24.3 Å². The number of nitrogens with one attached hydrogen (secondary N) is 2. The van der Waals surface area contributed by atoms with Gasteiger partial charge < -0.3 is 20.1 Å². The smallest absolute Gasteiger partial charge is 0.191 e. The highest BCUT2D eigenvalue weighted by atomic mass is 127. The number of nitrogens with zero attached hydrogens (tertiary/aromatic N) is 1. The van der Waals surface area contributed by atoms with Gasteiger partial charge in [-0.25, -0.2) is 4.39 Å². The van der Waals surface area contributed by atoms with Crippen LogP contribution in [0, 0.1) is 5.82 Å². The third kappa shape index (κ3) is 9.05. The Morgan fingerprint density at radius 3 is 2.52 bits per heavy atom. The molecule has 0 aliphatic heterocycles. The Morgan fingerprint density at radius 2 is 1.81 bits per heavy atom. The Morgan fingerprint density at radius 1 is 1.04 bits per heavy atom. The molecular formula is C20H27FIN3O2. The predicted octanol–water partition coefficient (Wildman–Crippen LogP) is 3.38. The minimum Gasteiger partial charge on any atom is -0.491 e. The van der Waals surface area contributed by atoms with E-state index in [1.165, 1.54) is 12.1 Å². The molecule has 0 radical (unpaired) electrons. The molecule has 0 unspecified atom stereocenters. The van der Waals surface area contributed by atoms with Crippen LogP contribution in [0.2, 0.25) is 0 Å². The molecule has 0 aliphatic carbocycles. The molecule has 0 saturated carbocycles. The van der Waals surface area contributed by atoms with E-state index in [0.29, 0.717) is 26.3 Å². The van der Waals surface area contributed by atoms with E-state index in [-0.39, 0.29) is 29.8 Å². The third-order valence-electron chi connectivity index (χ3n) is 3.76. The van der Waals surface area contributed by atoms with Crippen molar-refractivity contribution in [2.75, 3.05) is 33.9 Å². The molecule has 0 amide bonds. The number of methoxy groups -OCH3 is 1. The molecule has 5 nitrogen and oxygen atoms in total. The maximum atomic E-state index is 12.9. The Kier molecular flexibility index (Phi) is 11.4. The predicted molar refractivity (Wildman–Crippen MR) is 118 cm³/mol. The SMILES string of the molecule is CN=C(NCCc1ccc(F)cc1)NCc1cccc(OCCOC)c1.I. The first-order valence-electron chi connectivity index (χ1n) is 8.61. The van der Waals surface area contributed by atoms with Crippen LogP contribution in [-0.2, 0) is 17.7 Å². The van der Waals surface area contributed by atoms with Crippen LogP contribution in [0.3, 0.4) is 0 Å². The summed E-state index contributed by atoms with van der Waals surface area (Å²) in [6, 6.07) is 14.5. The summed E-state index contributed by atoms with van der Waals surface area (Å²) < 4.78 is 23.5. The van der Waals surface area contributed by atoms with Crippen LogP contribution >= 0.6 is 24.0 Å². The van der Waals surface area contributed by atoms with E-state index >= 15 is 0 Å². The Bertz CT molecular complexity index is 696. The number of rotatable bonds is 9. The molecule has 148 valence electrons. The van der Waals surface area contributed by atoms with Gasteiger partial charge in [-0.15, -0.1) is 24.0 Å². The molecule has 2 rings (SSSR count). The van der Waals surface area contributed by atoms with E-state index in [4.69, 9.17) is 9.47 Å². The first-order chi connectivity index (χ1) is 12.7. The second-order valence-corrected chi connectivity index (χ2v) is 5.72. The number of guanidine groups is 1. The number of aliphatic imine (C=N–C) groups is 1. The summed E-state index contributed by atoms with van der Waals surface area (Å²) in [5.74, 6) is 1.33. The molecule has 0 bridgehead atoms. The van der Waals surface area contributed by atoms with Crippen LogP contribution in [-0.4, -0.2) is 39.9 Å². The molecule has 7 heteroatoms. The molecule has 2 N–H and O–H groups in total. The number of hydrogen-bond donors (Lipinski definition) is 2. The lowest BCUT2D eigenvalue weighted by molar-refractivity contribution is 0.146. The monoisotopic (exact) mass is 487 g/mol. The molecule has 0 aromatic heterocycles. The van der Waals surface area contributed by atoms with Gasteiger partial charge in [-0.3, -0.25) is 4.99 Å². The van der Waals surface area contributed by atoms with E-state index < -0.39 is 0 Å².